The number of imidazole rings is 1. The third-order valence-electron chi connectivity index (χ3n) is 7.87. The molecule has 4 aromatic rings. The van der Waals surface area contributed by atoms with E-state index in [1.807, 2.05) is 0 Å². The van der Waals surface area contributed by atoms with Crippen molar-refractivity contribution in [3.8, 4) is 5.75 Å². The van der Waals surface area contributed by atoms with E-state index in [-0.39, 0.29) is 46.7 Å². The van der Waals surface area contributed by atoms with Gasteiger partial charge in [-0.3, -0.25) is 9.52 Å². The first-order valence-electron chi connectivity index (χ1n) is 14.3. The summed E-state index contributed by atoms with van der Waals surface area (Å²) < 4.78 is 34.3. The van der Waals surface area contributed by atoms with Gasteiger partial charge in [0.15, 0.2) is 0 Å². The number of anilines is 1. The van der Waals surface area contributed by atoms with Gasteiger partial charge in [-0.05, 0) is 55.0 Å². The summed E-state index contributed by atoms with van der Waals surface area (Å²) in [7, 11) is -4.07. The average molecular weight is 642 g/mol. The fourth-order valence-electron chi connectivity index (χ4n) is 5.19. The van der Waals surface area contributed by atoms with Crippen LogP contribution < -0.4 is 21.4 Å². The predicted octanol–water partition coefficient (Wildman–Crippen LogP) is 1.18. The Hall–Kier alpha value is -4.28. The van der Waals surface area contributed by atoms with Gasteiger partial charge in [0.1, 0.15) is 17.0 Å². The first-order chi connectivity index (χ1) is 21.5. The maximum Gasteiger partial charge on any atom is 0.343 e. The Morgan fingerprint density at radius 3 is 2.44 bits per heavy atom. The topological polar surface area (TPSA) is 241 Å². The van der Waals surface area contributed by atoms with Crippen LogP contribution in [0.1, 0.15) is 54.5 Å². The summed E-state index contributed by atoms with van der Waals surface area (Å²) >= 11 is 0. The van der Waals surface area contributed by atoms with E-state index in [4.69, 9.17) is 10.2 Å². The number of H-pyrrole nitrogens is 1. The lowest BCUT2D eigenvalue weighted by Crippen LogP contribution is -2.57. The molecule has 2 unspecified atom stereocenters. The van der Waals surface area contributed by atoms with Gasteiger partial charge in [-0.15, -0.1) is 0 Å². The van der Waals surface area contributed by atoms with Gasteiger partial charge >= 0.3 is 5.63 Å². The number of aliphatic hydroxyl groups excluding tert-OH is 3. The van der Waals surface area contributed by atoms with E-state index in [1.54, 1.807) is 48.5 Å². The van der Waals surface area contributed by atoms with E-state index in [0.29, 0.717) is 16.6 Å². The molecule has 0 aliphatic heterocycles. The maximum absolute atomic E-state index is 13.3. The number of nitrogens with two attached hydrogens (primary N) is 1. The minimum absolute atomic E-state index is 0.00842. The van der Waals surface area contributed by atoms with Crippen LogP contribution in [-0.4, -0.2) is 70.1 Å². The largest absolute Gasteiger partial charge is 0.507 e. The van der Waals surface area contributed by atoms with Crippen molar-refractivity contribution < 1.29 is 38.1 Å². The monoisotopic (exact) mass is 641 g/mol. The average Bonchev–Trinajstić information content (AvgIpc) is 3.76. The summed E-state index contributed by atoms with van der Waals surface area (Å²) in [5.74, 6) is -1.57. The fraction of sp³-hybridized carbons (Fsp3) is 0.367. The fourth-order valence-corrected chi connectivity index (χ4v) is 6.19. The number of aliphatic hydroxyl groups is 3. The van der Waals surface area contributed by atoms with Gasteiger partial charge in [0, 0.05) is 24.1 Å². The molecule has 2 heterocycles. The van der Waals surface area contributed by atoms with Gasteiger partial charge < -0.3 is 40.9 Å². The summed E-state index contributed by atoms with van der Waals surface area (Å²) in [5, 5.41) is 41.4. The number of nitrogens with zero attached hydrogens (tertiary/aromatic N) is 1. The zero-order valence-electron chi connectivity index (χ0n) is 24.1. The Morgan fingerprint density at radius 2 is 1.80 bits per heavy atom. The van der Waals surface area contributed by atoms with Crippen molar-refractivity contribution in [1.82, 2.24) is 15.3 Å². The molecule has 5 rings (SSSR count). The first kappa shape index (κ1) is 32.1. The third kappa shape index (κ3) is 7.02. The number of nitrogens with one attached hydrogen (secondary N) is 3. The van der Waals surface area contributed by atoms with Gasteiger partial charge in [0.2, 0.25) is 11.1 Å². The number of aromatic amines is 1. The van der Waals surface area contributed by atoms with Crippen LogP contribution in [0.3, 0.4) is 0 Å². The van der Waals surface area contributed by atoms with Crippen LogP contribution in [0.25, 0.3) is 11.0 Å². The van der Waals surface area contributed by atoms with Crippen molar-refractivity contribution in [1.29, 1.82) is 0 Å². The first-order valence-corrected chi connectivity index (χ1v) is 15.8. The molecule has 1 fully saturated rings. The van der Waals surface area contributed by atoms with Crippen molar-refractivity contribution >= 4 is 32.7 Å². The second-order valence-electron chi connectivity index (χ2n) is 11.3. The molecule has 2 aromatic heterocycles. The third-order valence-corrected chi connectivity index (χ3v) is 9.08. The molecule has 1 saturated carbocycles. The van der Waals surface area contributed by atoms with E-state index in [0.717, 1.165) is 12.8 Å². The van der Waals surface area contributed by atoms with Crippen molar-refractivity contribution in [2.45, 2.75) is 48.3 Å². The van der Waals surface area contributed by atoms with Gasteiger partial charge in [0.25, 0.3) is 10.0 Å². The van der Waals surface area contributed by atoms with Gasteiger partial charge in [-0.2, -0.15) is 8.42 Å². The van der Waals surface area contributed by atoms with Gasteiger partial charge in [-0.25, -0.2) is 9.78 Å². The summed E-state index contributed by atoms with van der Waals surface area (Å²) in [6.45, 7) is -2.04. The lowest BCUT2D eigenvalue weighted by molar-refractivity contribution is -0.125. The van der Waals surface area contributed by atoms with Crippen LogP contribution in [0.5, 0.6) is 5.75 Å². The lowest BCUT2D eigenvalue weighted by Gasteiger charge is -2.28. The second kappa shape index (κ2) is 13.0. The molecule has 0 saturated heterocycles. The minimum atomic E-state index is -4.07. The lowest BCUT2D eigenvalue weighted by atomic mass is 9.87. The standard InChI is InChI=1S/C30H35N5O9S/c31-20(10-11-25(40)34-30(14-36,15-37)16-38)24-13-23(39)27(28(41)44-24)26(17-8-9-17)18-4-3-5-19(12-18)35-45(42,43)29-32-21-6-1-2-7-22(21)33-29/h1-7,12-13,17,20,26,35-39H,8-11,14-16,31H2,(H,32,33)(H,34,40). The Balaban J connectivity index is 1.34. The van der Waals surface area contributed by atoms with Crippen LogP contribution in [0.15, 0.2) is 69.0 Å². The summed E-state index contributed by atoms with van der Waals surface area (Å²) in [6.07, 6.45) is 1.37. The van der Waals surface area contributed by atoms with Crippen molar-refractivity contribution in [3.05, 3.63) is 81.9 Å². The molecule has 1 aliphatic carbocycles. The molecular weight excluding hydrogens is 606 g/mol. The van der Waals surface area contributed by atoms with Crippen molar-refractivity contribution in [2.75, 3.05) is 24.5 Å². The van der Waals surface area contributed by atoms with Gasteiger partial charge in [0.05, 0.1) is 42.5 Å². The SMILES string of the molecule is NC(CCC(=O)NC(CO)(CO)CO)c1cc(O)c(C(c2cccc(NS(=O)(=O)c3nc4ccccc4[nH]3)c2)C2CC2)c(=O)o1. The molecular formula is C30H35N5O9S. The maximum atomic E-state index is 13.3. The number of benzene rings is 2. The van der Waals surface area contributed by atoms with Crippen LogP contribution in [0.2, 0.25) is 0 Å². The Morgan fingerprint density at radius 1 is 1.09 bits per heavy atom. The second-order valence-corrected chi connectivity index (χ2v) is 12.9. The van der Waals surface area contributed by atoms with E-state index in [1.165, 1.54) is 6.07 Å². The van der Waals surface area contributed by atoms with E-state index in [9.17, 15) is 38.4 Å². The summed E-state index contributed by atoms with van der Waals surface area (Å²) in [5.41, 5.74) is 5.69. The van der Waals surface area contributed by atoms with Crippen LogP contribution in [0.4, 0.5) is 5.69 Å². The highest BCUT2D eigenvalue weighted by atomic mass is 32.2. The van der Waals surface area contributed by atoms with Crippen molar-refractivity contribution in [3.63, 3.8) is 0 Å². The van der Waals surface area contributed by atoms with Crippen molar-refractivity contribution in [2.24, 2.45) is 11.7 Å². The minimum Gasteiger partial charge on any atom is -0.507 e. The Kier molecular flexibility index (Phi) is 9.27. The highest BCUT2D eigenvalue weighted by Gasteiger charge is 2.38. The molecule has 0 bridgehead atoms. The number of fused-ring (bicyclic) bond motifs is 1. The Labute approximate surface area is 258 Å². The molecule has 9 N–H and O–H groups in total. The number of sulfonamides is 1. The molecule has 0 radical (unpaired) electrons. The molecule has 1 aliphatic rings. The predicted molar refractivity (Wildman–Crippen MR) is 163 cm³/mol. The van der Waals surface area contributed by atoms with Gasteiger partial charge in [-0.1, -0.05) is 24.3 Å². The molecule has 1 amide bonds. The number of aromatic nitrogens is 2. The number of rotatable bonds is 14. The smallest absolute Gasteiger partial charge is 0.343 e. The van der Waals surface area contributed by atoms with E-state index < -0.39 is 58.9 Å². The zero-order valence-corrected chi connectivity index (χ0v) is 25.0. The number of amides is 1. The molecule has 45 heavy (non-hydrogen) atoms. The highest BCUT2D eigenvalue weighted by molar-refractivity contribution is 7.92. The van der Waals surface area contributed by atoms with E-state index >= 15 is 0 Å². The molecule has 14 nitrogen and oxygen atoms in total. The summed E-state index contributed by atoms with van der Waals surface area (Å²) in [6, 6.07) is 13.8. The number of hydrogen-bond acceptors (Lipinski definition) is 11. The molecule has 2 aromatic carbocycles. The van der Waals surface area contributed by atoms with Crippen LogP contribution in [-0.2, 0) is 14.8 Å². The zero-order chi connectivity index (χ0) is 32.4. The van der Waals surface area contributed by atoms with Crippen LogP contribution in [0, 0.1) is 5.92 Å². The number of hydrogen-bond donors (Lipinski definition) is 8. The molecule has 0 spiro atoms. The number of carbonyl (C=O) groups excluding carboxylic acids is 1. The number of aromatic hydroxyl groups is 1. The number of carbonyl (C=O) groups is 1. The number of para-hydroxylation sites is 2. The quantitative estimate of drug-likeness (QED) is 0.0972. The Bertz CT molecular complexity index is 1810. The molecule has 240 valence electrons. The molecule has 2 atom stereocenters. The highest BCUT2D eigenvalue weighted by Crippen LogP contribution is 2.48. The normalized spacial score (nSPS) is 15.1. The summed E-state index contributed by atoms with van der Waals surface area (Å²) in [4.78, 5) is 32.6. The van der Waals surface area contributed by atoms with E-state index in [2.05, 4.69) is 20.0 Å². The molecule has 15 heteroatoms. The van der Waals surface area contributed by atoms with Crippen LogP contribution >= 0.6 is 0 Å².